The first-order valence-electron chi connectivity index (χ1n) is 8.47. The molecule has 27 heavy (non-hydrogen) atoms. The lowest BCUT2D eigenvalue weighted by Crippen LogP contribution is -2.45. The monoisotopic (exact) mass is 501 g/mol. The highest BCUT2D eigenvalue weighted by molar-refractivity contribution is 14.0. The van der Waals surface area contributed by atoms with Crippen LogP contribution in [0, 0.1) is 0 Å². The number of hydrogen-bond donors (Lipinski definition) is 3. The molecule has 0 fully saturated rings. The van der Waals surface area contributed by atoms with E-state index in [-0.39, 0.29) is 30.5 Å². The zero-order valence-electron chi connectivity index (χ0n) is 15.1. The predicted molar refractivity (Wildman–Crippen MR) is 118 cm³/mol. The molecular formula is C19H24IN3O3S. The second-order valence-electron chi connectivity index (χ2n) is 6.11. The van der Waals surface area contributed by atoms with Gasteiger partial charge in [0.15, 0.2) is 5.96 Å². The number of hydrogen-bond acceptors (Lipinski definition) is 5. The summed E-state index contributed by atoms with van der Waals surface area (Å²) in [4.78, 5) is 5.78. The van der Waals surface area contributed by atoms with Crippen LogP contribution in [0.2, 0.25) is 0 Å². The van der Waals surface area contributed by atoms with E-state index in [0.717, 1.165) is 12.2 Å². The van der Waals surface area contributed by atoms with Gasteiger partial charge in [0.25, 0.3) is 0 Å². The molecule has 146 valence electrons. The van der Waals surface area contributed by atoms with Gasteiger partial charge in [-0.05, 0) is 42.6 Å². The van der Waals surface area contributed by atoms with Crippen LogP contribution in [-0.4, -0.2) is 24.2 Å². The van der Waals surface area contributed by atoms with E-state index in [0.29, 0.717) is 24.8 Å². The first kappa shape index (κ1) is 21.5. The average molecular weight is 501 g/mol. The smallest absolute Gasteiger partial charge is 0.191 e. The Morgan fingerprint density at radius 2 is 1.96 bits per heavy atom. The van der Waals surface area contributed by atoms with E-state index < -0.39 is 5.60 Å². The molecule has 6 nitrogen and oxygen atoms in total. The van der Waals surface area contributed by atoms with Crippen LogP contribution >= 0.6 is 35.3 Å². The van der Waals surface area contributed by atoms with Gasteiger partial charge in [0.1, 0.15) is 17.1 Å². The molecule has 0 aliphatic rings. The molecule has 0 amide bonds. The standard InChI is InChI=1S/C19H23N3O3S.HI/c1-19(23,17-7-3-11-25-17)14-22-18(21-13-16-6-4-12-26-16)20-9-8-15-5-2-10-24-15;/h2-7,10-12,23H,8-9,13-14H2,1H3,(H2,20,21,22);1H. The SMILES string of the molecule is CC(O)(CNC(=NCc1cccs1)NCCc1ccco1)c1ccco1.I. The molecule has 1 unspecified atom stereocenters. The van der Waals surface area contributed by atoms with Gasteiger partial charge in [-0.1, -0.05) is 6.07 Å². The number of aliphatic hydroxyl groups is 1. The van der Waals surface area contributed by atoms with Crippen molar-refractivity contribution in [3.05, 3.63) is 70.7 Å². The van der Waals surface area contributed by atoms with Crippen molar-refractivity contribution in [3.63, 3.8) is 0 Å². The van der Waals surface area contributed by atoms with E-state index in [1.54, 1.807) is 42.9 Å². The largest absolute Gasteiger partial charge is 0.469 e. The molecule has 3 aromatic heterocycles. The minimum Gasteiger partial charge on any atom is -0.469 e. The number of halogens is 1. The van der Waals surface area contributed by atoms with Crippen molar-refractivity contribution in [1.82, 2.24) is 10.6 Å². The van der Waals surface area contributed by atoms with Gasteiger partial charge in [-0.25, -0.2) is 4.99 Å². The Bertz CT molecular complexity index is 784. The molecule has 3 rings (SSSR count). The third kappa shape index (κ3) is 6.71. The first-order chi connectivity index (χ1) is 12.6. The second kappa shape index (κ2) is 10.5. The third-order valence-electron chi connectivity index (χ3n) is 3.87. The molecule has 8 heteroatoms. The van der Waals surface area contributed by atoms with E-state index in [4.69, 9.17) is 8.83 Å². The third-order valence-corrected chi connectivity index (χ3v) is 4.73. The topological polar surface area (TPSA) is 82.9 Å². The zero-order chi connectivity index (χ0) is 18.2. The predicted octanol–water partition coefficient (Wildman–Crippen LogP) is 3.74. The van der Waals surface area contributed by atoms with Gasteiger partial charge in [-0.15, -0.1) is 35.3 Å². The lowest BCUT2D eigenvalue weighted by atomic mass is 10.0. The minimum absolute atomic E-state index is 0. The highest BCUT2D eigenvalue weighted by Crippen LogP contribution is 2.19. The number of aliphatic imine (C=N–C) groups is 1. The Hall–Kier alpha value is -1.78. The molecule has 1 atom stereocenters. The van der Waals surface area contributed by atoms with Crippen molar-refractivity contribution in [2.45, 2.75) is 25.5 Å². The molecule has 0 radical (unpaired) electrons. The van der Waals surface area contributed by atoms with Crippen LogP contribution in [0.5, 0.6) is 0 Å². The lowest BCUT2D eigenvalue weighted by Gasteiger charge is -2.22. The van der Waals surface area contributed by atoms with Crippen molar-refractivity contribution < 1.29 is 13.9 Å². The van der Waals surface area contributed by atoms with E-state index in [1.165, 1.54) is 4.88 Å². The van der Waals surface area contributed by atoms with Gasteiger partial charge in [0.05, 0.1) is 25.6 Å². The van der Waals surface area contributed by atoms with Crippen LogP contribution in [0.4, 0.5) is 0 Å². The van der Waals surface area contributed by atoms with Gasteiger partial charge in [0.2, 0.25) is 0 Å². The molecule has 0 bridgehead atoms. The Labute approximate surface area is 179 Å². The number of nitrogens with one attached hydrogen (secondary N) is 2. The van der Waals surface area contributed by atoms with Gasteiger partial charge < -0.3 is 24.6 Å². The normalized spacial score (nSPS) is 13.6. The summed E-state index contributed by atoms with van der Waals surface area (Å²) >= 11 is 1.67. The maximum absolute atomic E-state index is 10.6. The average Bonchev–Trinajstić information content (AvgIpc) is 3.40. The second-order valence-corrected chi connectivity index (χ2v) is 7.14. The molecule has 0 aliphatic carbocycles. The van der Waals surface area contributed by atoms with E-state index in [1.807, 2.05) is 29.6 Å². The van der Waals surface area contributed by atoms with Crippen LogP contribution in [0.3, 0.4) is 0 Å². The van der Waals surface area contributed by atoms with Gasteiger partial charge >= 0.3 is 0 Å². The summed E-state index contributed by atoms with van der Waals surface area (Å²) in [5, 5.41) is 19.1. The fraction of sp³-hybridized carbons (Fsp3) is 0.316. The lowest BCUT2D eigenvalue weighted by molar-refractivity contribution is 0.0386. The Morgan fingerprint density at radius 1 is 1.15 bits per heavy atom. The van der Waals surface area contributed by atoms with E-state index in [9.17, 15) is 5.11 Å². The highest BCUT2D eigenvalue weighted by atomic mass is 127. The van der Waals surface area contributed by atoms with Crippen LogP contribution in [0.15, 0.2) is 68.1 Å². The van der Waals surface area contributed by atoms with Crippen molar-refractivity contribution >= 4 is 41.3 Å². The first-order valence-corrected chi connectivity index (χ1v) is 9.35. The van der Waals surface area contributed by atoms with Crippen molar-refractivity contribution in [2.75, 3.05) is 13.1 Å². The van der Waals surface area contributed by atoms with Crippen molar-refractivity contribution in [3.8, 4) is 0 Å². The maximum Gasteiger partial charge on any atom is 0.191 e. The molecule has 3 heterocycles. The molecule has 3 aromatic rings. The Kier molecular flexibility index (Phi) is 8.39. The molecule has 0 aliphatic heterocycles. The zero-order valence-corrected chi connectivity index (χ0v) is 18.2. The fourth-order valence-corrected chi connectivity index (χ4v) is 3.05. The van der Waals surface area contributed by atoms with Gasteiger partial charge in [-0.2, -0.15) is 0 Å². The number of furan rings is 2. The highest BCUT2D eigenvalue weighted by Gasteiger charge is 2.26. The van der Waals surface area contributed by atoms with Gasteiger partial charge in [0, 0.05) is 17.8 Å². The van der Waals surface area contributed by atoms with Crippen LogP contribution in [0.1, 0.15) is 23.3 Å². The molecule has 3 N–H and O–H groups in total. The van der Waals surface area contributed by atoms with Crippen LogP contribution in [0.25, 0.3) is 0 Å². The maximum atomic E-state index is 10.6. The minimum atomic E-state index is -1.13. The molecule has 0 saturated carbocycles. The number of guanidine groups is 1. The van der Waals surface area contributed by atoms with E-state index in [2.05, 4.69) is 15.6 Å². The summed E-state index contributed by atoms with van der Waals surface area (Å²) in [6, 6.07) is 11.4. The quantitative estimate of drug-likeness (QED) is 0.249. The summed E-state index contributed by atoms with van der Waals surface area (Å²) in [5.41, 5.74) is -1.13. The number of nitrogens with zero attached hydrogens (tertiary/aromatic N) is 1. The summed E-state index contributed by atoms with van der Waals surface area (Å²) in [7, 11) is 0. The fourth-order valence-electron chi connectivity index (χ4n) is 2.42. The molecular weight excluding hydrogens is 477 g/mol. The summed E-state index contributed by atoms with van der Waals surface area (Å²) in [5.74, 6) is 2.06. The summed E-state index contributed by atoms with van der Waals surface area (Å²) in [6.45, 7) is 3.24. The van der Waals surface area contributed by atoms with E-state index >= 15 is 0 Å². The van der Waals surface area contributed by atoms with Crippen LogP contribution in [-0.2, 0) is 18.6 Å². The van der Waals surface area contributed by atoms with Crippen molar-refractivity contribution in [1.29, 1.82) is 0 Å². The van der Waals surface area contributed by atoms with Gasteiger partial charge in [-0.3, -0.25) is 0 Å². The number of thiophene rings is 1. The van der Waals surface area contributed by atoms with Crippen LogP contribution < -0.4 is 10.6 Å². The summed E-state index contributed by atoms with van der Waals surface area (Å²) in [6.07, 6.45) is 3.97. The Morgan fingerprint density at radius 3 is 2.63 bits per heavy atom. The number of rotatable bonds is 8. The van der Waals surface area contributed by atoms with Crippen molar-refractivity contribution in [2.24, 2.45) is 4.99 Å². The Balaban J connectivity index is 0.00000261. The molecule has 0 aromatic carbocycles. The molecule has 0 saturated heterocycles. The molecule has 0 spiro atoms. The summed E-state index contributed by atoms with van der Waals surface area (Å²) < 4.78 is 10.7.